The predicted molar refractivity (Wildman–Crippen MR) is 227 cm³/mol. The Labute approximate surface area is 377 Å². The molecule has 3 saturated heterocycles. The third-order valence-corrected chi connectivity index (χ3v) is 18.0. The van der Waals surface area contributed by atoms with Crippen molar-refractivity contribution in [1.29, 1.82) is 0 Å². The summed E-state index contributed by atoms with van der Waals surface area (Å²) >= 11 is 0. The lowest BCUT2D eigenvalue weighted by molar-refractivity contribution is -0.370. The van der Waals surface area contributed by atoms with Gasteiger partial charge in [0.1, 0.15) is 73.4 Å². The molecule has 0 radical (unpaired) electrons. The van der Waals surface area contributed by atoms with Crippen molar-refractivity contribution in [1.82, 2.24) is 0 Å². The molecule has 7 aliphatic rings. The molecule has 0 spiro atoms. The minimum Gasteiger partial charge on any atom is -0.394 e. The summed E-state index contributed by atoms with van der Waals surface area (Å²) in [6, 6.07) is 0. The molecule has 4 saturated carbocycles. The predicted octanol–water partition coefficient (Wildman–Crippen LogP) is 0.821. The molecule has 0 aromatic carbocycles. The van der Waals surface area contributed by atoms with Crippen LogP contribution in [-0.2, 0) is 33.2 Å². The fourth-order valence-corrected chi connectivity index (χ4v) is 14.7. The third kappa shape index (κ3) is 8.50. The van der Waals surface area contributed by atoms with E-state index in [0.29, 0.717) is 25.7 Å². The second-order valence-electron chi connectivity index (χ2n) is 22.1. The lowest BCUT2D eigenvalue weighted by Gasteiger charge is -2.68. The van der Waals surface area contributed by atoms with E-state index in [1.54, 1.807) is 0 Å². The van der Waals surface area contributed by atoms with E-state index in [1.165, 1.54) is 11.9 Å². The summed E-state index contributed by atoms with van der Waals surface area (Å²) in [7, 11) is 0. The molecule has 4 aliphatic carbocycles. The number of allylic oxidation sites excluding steroid dienone is 2. The van der Waals surface area contributed by atoms with Gasteiger partial charge >= 0.3 is 0 Å². The number of fused-ring (bicyclic) bond motifs is 5. The first-order valence-electron chi connectivity index (χ1n) is 23.7. The molecule has 0 amide bonds. The summed E-state index contributed by atoms with van der Waals surface area (Å²) in [4.78, 5) is 14.0. The maximum absolute atomic E-state index is 14.0. The van der Waals surface area contributed by atoms with Gasteiger partial charge in [0.2, 0.25) is 0 Å². The number of aldehydes is 1. The van der Waals surface area contributed by atoms with Crippen molar-refractivity contribution in [3.8, 4) is 0 Å². The molecule has 10 N–H and O–H groups in total. The quantitative estimate of drug-likeness (QED) is 0.0696. The maximum atomic E-state index is 14.0. The van der Waals surface area contributed by atoms with Gasteiger partial charge < -0.3 is 84.3 Å². The minimum absolute atomic E-state index is 0.0157. The SMILES string of the molecule is CC(C)=CCC[C@](C)(O[C@@H]1O[C@H](CO)[C@@H](O)[C@H](O)[C@H]1O)[C@H]1CC[C@H]2[C@]3(C)CC[C@H]4C(C)(C)[C@@H](O[C@@H]5O[C@H](CO)[C@@H](O)[C@H](O)[C@H]5O[C@@H]5OC[C@H](O)[C@H](O)[C@H]5O)CC[C@]4(C=O)[C@H]3CC[C@@]21C. The summed E-state index contributed by atoms with van der Waals surface area (Å²) in [5, 5.41) is 106. The lowest BCUT2D eigenvalue weighted by Crippen LogP contribution is -2.67. The molecule has 3 heterocycles. The molecule has 17 heteroatoms. The first kappa shape index (κ1) is 50.6. The van der Waals surface area contributed by atoms with Crippen LogP contribution < -0.4 is 0 Å². The molecular weight excluding hydrogens is 837 g/mol. The van der Waals surface area contributed by atoms with Crippen molar-refractivity contribution >= 4 is 6.29 Å². The van der Waals surface area contributed by atoms with Crippen LogP contribution in [0.4, 0.5) is 0 Å². The molecule has 23 atom stereocenters. The molecule has 3 aliphatic heterocycles. The highest BCUT2D eigenvalue weighted by Gasteiger charge is 2.71. The monoisotopic (exact) mass is 915 g/mol. The maximum Gasteiger partial charge on any atom is 0.187 e. The number of hydrogen-bond acceptors (Lipinski definition) is 17. The van der Waals surface area contributed by atoms with E-state index in [9.17, 15) is 55.9 Å². The van der Waals surface area contributed by atoms with Gasteiger partial charge in [0.15, 0.2) is 18.9 Å². The fourth-order valence-electron chi connectivity index (χ4n) is 14.7. The smallest absolute Gasteiger partial charge is 0.187 e. The van der Waals surface area contributed by atoms with E-state index >= 15 is 0 Å². The number of aliphatic hydroxyl groups is 10. The standard InChI is InChI=1S/C47H78O17/c1-23(2)9-8-15-46(7,64-41-38(58)35(55)33(53)25(19-48)60-41)29-11-10-28-44(29,5)17-13-30-45(28,6)16-12-27-43(3,4)31(14-18-47(27,30)22-50)62-42-39(36(56)34(54)26(20-49)61-42)63-40-37(57)32(52)24(51)21-59-40/h9,22,24-42,48-49,51-58H,8,10-21H2,1-7H3/t24-,25+,26+,27-,28+,29-,30-,31-,32-,33+,34+,35-,36-,37+,38+,39+,40-,41-,42-,44-,45-,46-,47+/m0/s1. The first-order chi connectivity index (χ1) is 30.0. The zero-order chi connectivity index (χ0) is 46.9. The molecule has 0 unspecified atom stereocenters. The van der Waals surface area contributed by atoms with Crippen molar-refractivity contribution in [2.75, 3.05) is 19.8 Å². The molecule has 0 aromatic rings. The minimum atomic E-state index is -1.68. The molecule has 17 nitrogen and oxygen atoms in total. The number of rotatable bonds is 13. The van der Waals surface area contributed by atoms with Crippen LogP contribution in [0.5, 0.6) is 0 Å². The second-order valence-corrected chi connectivity index (χ2v) is 22.1. The van der Waals surface area contributed by atoms with Gasteiger partial charge in [-0.05, 0) is 125 Å². The van der Waals surface area contributed by atoms with Crippen LogP contribution >= 0.6 is 0 Å². The van der Waals surface area contributed by atoms with Crippen LogP contribution in [0, 0.1) is 45.3 Å². The number of ether oxygens (including phenoxy) is 6. The highest BCUT2D eigenvalue weighted by Crippen LogP contribution is 2.75. The second kappa shape index (κ2) is 18.9. The first-order valence-corrected chi connectivity index (χ1v) is 23.7. The van der Waals surface area contributed by atoms with E-state index in [0.717, 1.165) is 38.5 Å². The largest absolute Gasteiger partial charge is 0.394 e. The van der Waals surface area contributed by atoms with Crippen LogP contribution in [0.1, 0.15) is 113 Å². The Morgan fingerprint density at radius 1 is 0.672 bits per heavy atom. The Morgan fingerprint density at radius 2 is 1.28 bits per heavy atom. The van der Waals surface area contributed by atoms with Gasteiger partial charge in [0.25, 0.3) is 0 Å². The zero-order valence-corrected chi connectivity index (χ0v) is 38.6. The van der Waals surface area contributed by atoms with E-state index in [4.69, 9.17) is 28.4 Å². The molecule has 7 fully saturated rings. The fraction of sp³-hybridized carbons (Fsp3) is 0.936. The van der Waals surface area contributed by atoms with Gasteiger partial charge in [-0.3, -0.25) is 0 Å². The number of carbonyl (C=O) groups excluding carboxylic acids is 1. The lowest BCUT2D eigenvalue weighted by atomic mass is 9.36. The molecule has 368 valence electrons. The average molecular weight is 915 g/mol. The van der Waals surface area contributed by atoms with Crippen molar-refractivity contribution in [3.63, 3.8) is 0 Å². The highest BCUT2D eigenvalue weighted by atomic mass is 16.8. The van der Waals surface area contributed by atoms with E-state index in [1.807, 2.05) is 13.8 Å². The van der Waals surface area contributed by atoms with Crippen LogP contribution in [0.2, 0.25) is 0 Å². The molecular formula is C47H78O17. The molecule has 0 aromatic heterocycles. The van der Waals surface area contributed by atoms with Crippen molar-refractivity contribution < 1.29 is 84.3 Å². The van der Waals surface area contributed by atoms with Crippen LogP contribution in [0.3, 0.4) is 0 Å². The normalized spacial score (nSPS) is 51.2. The molecule has 7 rings (SSSR count). The average Bonchev–Trinajstić information content (AvgIpc) is 3.63. The van der Waals surface area contributed by atoms with Crippen LogP contribution in [0.25, 0.3) is 0 Å². The van der Waals surface area contributed by atoms with Crippen molar-refractivity contribution in [2.24, 2.45) is 45.3 Å². The van der Waals surface area contributed by atoms with Crippen molar-refractivity contribution in [2.45, 2.75) is 210 Å². The van der Waals surface area contributed by atoms with Crippen LogP contribution in [0.15, 0.2) is 11.6 Å². The summed E-state index contributed by atoms with van der Waals surface area (Å²) in [5.41, 5.74) is -1.40. The Kier molecular flexibility index (Phi) is 15.0. The highest BCUT2D eigenvalue weighted by molar-refractivity contribution is 5.62. The Morgan fingerprint density at radius 3 is 1.92 bits per heavy atom. The van der Waals surface area contributed by atoms with Gasteiger partial charge in [0.05, 0.1) is 31.5 Å². The summed E-state index contributed by atoms with van der Waals surface area (Å²) in [6.07, 6.45) is -10.1. The summed E-state index contributed by atoms with van der Waals surface area (Å²) in [6.45, 7) is 13.5. The molecule has 0 bridgehead atoms. The van der Waals surface area contributed by atoms with Gasteiger partial charge in [0, 0.05) is 5.41 Å². The van der Waals surface area contributed by atoms with E-state index in [-0.39, 0.29) is 41.1 Å². The summed E-state index contributed by atoms with van der Waals surface area (Å²) < 4.78 is 37.0. The van der Waals surface area contributed by atoms with Gasteiger partial charge in [-0.15, -0.1) is 0 Å². The zero-order valence-electron chi connectivity index (χ0n) is 38.6. The number of hydrogen-bond donors (Lipinski definition) is 10. The topological polar surface area (TPSA) is 275 Å². The van der Waals surface area contributed by atoms with E-state index < -0.39 is 122 Å². The Bertz CT molecular complexity index is 1640. The van der Waals surface area contributed by atoms with Crippen LogP contribution in [-0.4, -0.2) is 175 Å². The number of aliphatic hydroxyl groups excluding tert-OH is 10. The Hall–Kier alpha value is -1.23. The van der Waals surface area contributed by atoms with Crippen molar-refractivity contribution in [3.05, 3.63) is 11.6 Å². The number of carbonyl (C=O) groups is 1. The van der Waals surface area contributed by atoms with E-state index in [2.05, 4.69) is 40.7 Å². The summed E-state index contributed by atoms with van der Waals surface area (Å²) in [5.74, 6) is 0.198. The van der Waals surface area contributed by atoms with Gasteiger partial charge in [-0.25, -0.2) is 0 Å². The third-order valence-electron chi connectivity index (χ3n) is 18.0. The van der Waals surface area contributed by atoms with Gasteiger partial charge in [-0.1, -0.05) is 39.3 Å². The Balaban J connectivity index is 1.12. The molecule has 64 heavy (non-hydrogen) atoms. The van der Waals surface area contributed by atoms with Gasteiger partial charge in [-0.2, -0.15) is 0 Å².